The summed E-state index contributed by atoms with van der Waals surface area (Å²) in [7, 11) is 1.54. The lowest BCUT2D eigenvalue weighted by Crippen LogP contribution is -2.31. The van der Waals surface area contributed by atoms with Gasteiger partial charge < -0.3 is 15.4 Å². The van der Waals surface area contributed by atoms with Crippen molar-refractivity contribution in [3.05, 3.63) is 11.9 Å². The highest BCUT2D eigenvalue weighted by molar-refractivity contribution is 5.48. The quantitative estimate of drug-likeness (QED) is 0.811. The van der Waals surface area contributed by atoms with Gasteiger partial charge in [-0.15, -0.1) is 0 Å². The molecular weight excluding hydrogens is 285 g/mol. The van der Waals surface area contributed by atoms with E-state index in [-0.39, 0.29) is 23.6 Å². The van der Waals surface area contributed by atoms with Gasteiger partial charge in [0, 0.05) is 19.7 Å². The zero-order valence-corrected chi connectivity index (χ0v) is 12.6. The first-order valence-electron chi connectivity index (χ1n) is 6.73. The fourth-order valence-corrected chi connectivity index (χ4v) is 1.69. The lowest BCUT2D eigenvalue weighted by molar-refractivity contribution is -0.144. The molecule has 0 spiro atoms. The van der Waals surface area contributed by atoms with Crippen molar-refractivity contribution in [2.24, 2.45) is 5.92 Å². The summed E-state index contributed by atoms with van der Waals surface area (Å²) in [5, 5.41) is 5.75. The van der Waals surface area contributed by atoms with Crippen molar-refractivity contribution in [2.45, 2.75) is 33.0 Å². The number of methoxy groups -OCH3 is 1. The van der Waals surface area contributed by atoms with E-state index in [0.29, 0.717) is 13.2 Å². The van der Waals surface area contributed by atoms with Crippen LogP contribution in [0.5, 0.6) is 0 Å². The molecule has 2 N–H and O–H groups in total. The standard InChI is InChI=1S/C13H21F3N4O/c1-5-17-10-6-11(18-9(7-21-4)8(2)3)20-12(19-10)13(14,15)16/h6,8-9H,5,7H2,1-4H3,(H2,17,18,19,20). The first-order chi connectivity index (χ1) is 9.77. The summed E-state index contributed by atoms with van der Waals surface area (Å²) in [4.78, 5) is 7.02. The van der Waals surface area contributed by atoms with Crippen LogP contribution in [0.4, 0.5) is 24.8 Å². The van der Waals surface area contributed by atoms with Gasteiger partial charge in [0.2, 0.25) is 5.82 Å². The number of alkyl halides is 3. The Labute approximate surface area is 122 Å². The van der Waals surface area contributed by atoms with Crippen LogP contribution >= 0.6 is 0 Å². The largest absolute Gasteiger partial charge is 0.451 e. The number of rotatable bonds is 7. The molecule has 0 saturated heterocycles. The molecule has 1 atom stereocenters. The predicted molar refractivity (Wildman–Crippen MR) is 75.3 cm³/mol. The van der Waals surface area contributed by atoms with Crippen LogP contribution in [0.2, 0.25) is 0 Å². The molecule has 0 radical (unpaired) electrons. The van der Waals surface area contributed by atoms with Crippen molar-refractivity contribution in [2.75, 3.05) is 30.9 Å². The molecule has 8 heteroatoms. The molecular formula is C13H21F3N4O. The van der Waals surface area contributed by atoms with E-state index in [0.717, 1.165) is 0 Å². The number of aromatic nitrogens is 2. The number of halogens is 3. The normalized spacial score (nSPS) is 13.3. The fraction of sp³-hybridized carbons (Fsp3) is 0.692. The van der Waals surface area contributed by atoms with Crippen molar-refractivity contribution in [3.63, 3.8) is 0 Å². The van der Waals surface area contributed by atoms with Crippen LogP contribution < -0.4 is 10.6 Å². The summed E-state index contributed by atoms with van der Waals surface area (Å²) in [5.41, 5.74) is 0. The van der Waals surface area contributed by atoms with Gasteiger partial charge >= 0.3 is 6.18 Å². The number of nitrogens with zero attached hydrogens (tertiary/aromatic N) is 2. The summed E-state index contributed by atoms with van der Waals surface area (Å²) in [5.74, 6) is -0.716. The molecule has 1 aromatic heterocycles. The minimum absolute atomic E-state index is 0.129. The highest BCUT2D eigenvalue weighted by Crippen LogP contribution is 2.28. The lowest BCUT2D eigenvalue weighted by atomic mass is 10.1. The average Bonchev–Trinajstić information content (AvgIpc) is 2.37. The summed E-state index contributed by atoms with van der Waals surface area (Å²) < 4.78 is 43.5. The zero-order valence-electron chi connectivity index (χ0n) is 12.6. The van der Waals surface area contributed by atoms with Gasteiger partial charge in [-0.3, -0.25) is 0 Å². The summed E-state index contributed by atoms with van der Waals surface area (Å²) in [6.45, 7) is 6.53. The third kappa shape index (κ3) is 5.37. The van der Waals surface area contributed by atoms with Gasteiger partial charge in [0.1, 0.15) is 11.6 Å². The fourth-order valence-electron chi connectivity index (χ4n) is 1.69. The van der Waals surface area contributed by atoms with Crippen LogP contribution in [0.3, 0.4) is 0 Å². The SMILES string of the molecule is CCNc1cc(NC(COC)C(C)C)nc(C(F)(F)F)n1. The molecule has 0 amide bonds. The number of hydrogen-bond acceptors (Lipinski definition) is 5. The molecule has 0 bridgehead atoms. The molecule has 0 aliphatic rings. The van der Waals surface area contributed by atoms with Gasteiger partial charge in [0.15, 0.2) is 0 Å². The Morgan fingerprint density at radius 2 is 1.86 bits per heavy atom. The predicted octanol–water partition coefficient (Wildman–Crippen LogP) is 3.01. The minimum Gasteiger partial charge on any atom is -0.383 e. The zero-order chi connectivity index (χ0) is 16.0. The van der Waals surface area contributed by atoms with Gasteiger partial charge in [0.05, 0.1) is 12.6 Å². The van der Waals surface area contributed by atoms with E-state index in [9.17, 15) is 13.2 Å². The van der Waals surface area contributed by atoms with Crippen LogP contribution in [0, 0.1) is 5.92 Å². The lowest BCUT2D eigenvalue weighted by Gasteiger charge is -2.22. The molecule has 1 aromatic rings. The van der Waals surface area contributed by atoms with Gasteiger partial charge in [-0.05, 0) is 12.8 Å². The van der Waals surface area contributed by atoms with Crippen LogP contribution in [0.15, 0.2) is 6.07 Å². The van der Waals surface area contributed by atoms with Crippen molar-refractivity contribution >= 4 is 11.6 Å². The molecule has 1 unspecified atom stereocenters. The maximum Gasteiger partial charge on any atom is 0.451 e. The second-order valence-corrected chi connectivity index (χ2v) is 4.94. The number of anilines is 2. The van der Waals surface area contributed by atoms with E-state index in [2.05, 4.69) is 20.6 Å². The highest BCUT2D eigenvalue weighted by atomic mass is 19.4. The molecule has 5 nitrogen and oxygen atoms in total. The number of ether oxygens (including phenoxy) is 1. The Morgan fingerprint density at radius 3 is 2.33 bits per heavy atom. The highest BCUT2D eigenvalue weighted by Gasteiger charge is 2.35. The number of nitrogens with one attached hydrogen (secondary N) is 2. The Bertz CT molecular complexity index is 452. The second-order valence-electron chi connectivity index (χ2n) is 4.94. The Kier molecular flexibility index (Phi) is 6.19. The van der Waals surface area contributed by atoms with Crippen LogP contribution in [-0.2, 0) is 10.9 Å². The van der Waals surface area contributed by atoms with Crippen molar-refractivity contribution in [3.8, 4) is 0 Å². The van der Waals surface area contributed by atoms with E-state index >= 15 is 0 Å². The summed E-state index contributed by atoms with van der Waals surface area (Å²) >= 11 is 0. The Balaban J connectivity index is 3.07. The van der Waals surface area contributed by atoms with Gasteiger partial charge in [-0.2, -0.15) is 13.2 Å². The molecule has 21 heavy (non-hydrogen) atoms. The first kappa shape index (κ1) is 17.5. The van der Waals surface area contributed by atoms with Gasteiger partial charge in [-0.25, -0.2) is 9.97 Å². The summed E-state index contributed by atoms with van der Waals surface area (Å²) in [6, 6.07) is 1.32. The third-order valence-electron chi connectivity index (χ3n) is 2.82. The van der Waals surface area contributed by atoms with E-state index in [1.54, 1.807) is 14.0 Å². The molecule has 0 aliphatic heterocycles. The van der Waals surface area contributed by atoms with Gasteiger partial charge in [0.25, 0.3) is 0 Å². The molecule has 0 saturated carbocycles. The minimum atomic E-state index is -4.59. The van der Waals surface area contributed by atoms with Crippen molar-refractivity contribution < 1.29 is 17.9 Å². The van der Waals surface area contributed by atoms with E-state index in [1.165, 1.54) is 6.07 Å². The Morgan fingerprint density at radius 1 is 1.24 bits per heavy atom. The molecule has 1 rings (SSSR count). The van der Waals surface area contributed by atoms with Crippen molar-refractivity contribution in [1.29, 1.82) is 0 Å². The maximum absolute atomic E-state index is 12.8. The van der Waals surface area contributed by atoms with E-state index in [4.69, 9.17) is 4.74 Å². The number of hydrogen-bond donors (Lipinski definition) is 2. The van der Waals surface area contributed by atoms with E-state index < -0.39 is 12.0 Å². The summed E-state index contributed by atoms with van der Waals surface area (Å²) in [6.07, 6.45) is -4.59. The Hall–Kier alpha value is -1.57. The van der Waals surface area contributed by atoms with Crippen LogP contribution in [-0.4, -0.2) is 36.3 Å². The molecule has 1 heterocycles. The molecule has 0 fully saturated rings. The average molecular weight is 306 g/mol. The van der Waals surface area contributed by atoms with Crippen molar-refractivity contribution in [1.82, 2.24) is 9.97 Å². The molecule has 0 aromatic carbocycles. The third-order valence-corrected chi connectivity index (χ3v) is 2.82. The van der Waals surface area contributed by atoms with Crippen LogP contribution in [0.25, 0.3) is 0 Å². The smallest absolute Gasteiger partial charge is 0.383 e. The maximum atomic E-state index is 12.8. The topological polar surface area (TPSA) is 59.1 Å². The van der Waals surface area contributed by atoms with E-state index in [1.807, 2.05) is 13.8 Å². The molecule has 120 valence electrons. The second kappa shape index (κ2) is 7.44. The monoisotopic (exact) mass is 306 g/mol. The molecule has 0 aliphatic carbocycles. The first-order valence-corrected chi connectivity index (χ1v) is 6.73. The van der Waals surface area contributed by atoms with Gasteiger partial charge in [-0.1, -0.05) is 13.8 Å². The van der Waals surface area contributed by atoms with Crippen LogP contribution in [0.1, 0.15) is 26.6 Å².